The van der Waals surface area contributed by atoms with Crippen LogP contribution < -0.4 is 5.32 Å². The van der Waals surface area contributed by atoms with E-state index >= 15 is 0 Å². The van der Waals surface area contributed by atoms with Crippen LogP contribution in [0.5, 0.6) is 0 Å². The molecule has 0 aliphatic carbocycles. The average Bonchev–Trinajstić information content (AvgIpc) is 2.35. The van der Waals surface area contributed by atoms with E-state index in [2.05, 4.69) is 68.6 Å². The van der Waals surface area contributed by atoms with Gasteiger partial charge in [-0.1, -0.05) is 57.2 Å². The van der Waals surface area contributed by atoms with E-state index in [4.69, 9.17) is 0 Å². The Morgan fingerprint density at radius 1 is 1.00 bits per heavy atom. The van der Waals surface area contributed by atoms with Gasteiger partial charge in [0.05, 0.1) is 0 Å². The molecule has 2 aromatic rings. The first-order valence-corrected chi connectivity index (χ1v) is 6.46. The number of hydrogen-bond acceptors (Lipinski definition) is 1. The van der Waals surface area contributed by atoms with Gasteiger partial charge in [-0.2, -0.15) is 0 Å². The van der Waals surface area contributed by atoms with Gasteiger partial charge in [-0.3, -0.25) is 0 Å². The van der Waals surface area contributed by atoms with Crippen molar-refractivity contribution in [2.75, 3.05) is 5.32 Å². The van der Waals surface area contributed by atoms with Gasteiger partial charge < -0.3 is 5.32 Å². The predicted octanol–water partition coefficient (Wildman–Crippen LogP) is 4.69. The smallest absolute Gasteiger partial charge is 0.0422 e. The van der Waals surface area contributed by atoms with Crippen molar-refractivity contribution in [1.82, 2.24) is 0 Å². The highest BCUT2D eigenvalue weighted by molar-refractivity contribution is 5.93. The summed E-state index contributed by atoms with van der Waals surface area (Å²) in [5.74, 6) is 0.652. The van der Waals surface area contributed by atoms with Crippen LogP contribution in [0.3, 0.4) is 0 Å². The number of benzene rings is 2. The Morgan fingerprint density at radius 3 is 2.41 bits per heavy atom. The first-order chi connectivity index (χ1) is 8.22. The third-order valence-electron chi connectivity index (χ3n) is 3.38. The Kier molecular flexibility index (Phi) is 3.68. The lowest BCUT2D eigenvalue weighted by molar-refractivity contribution is 0.512. The van der Waals surface area contributed by atoms with Gasteiger partial charge >= 0.3 is 0 Å². The molecule has 0 radical (unpaired) electrons. The Labute approximate surface area is 104 Å². The van der Waals surface area contributed by atoms with Crippen LogP contribution in [0.4, 0.5) is 5.69 Å². The minimum Gasteiger partial charge on any atom is -0.382 e. The molecule has 0 aromatic heterocycles. The maximum Gasteiger partial charge on any atom is 0.0422 e. The summed E-state index contributed by atoms with van der Waals surface area (Å²) in [4.78, 5) is 0. The Bertz CT molecular complexity index is 482. The Hall–Kier alpha value is -1.50. The number of fused-ring (bicyclic) bond motifs is 1. The van der Waals surface area contributed by atoms with Gasteiger partial charge in [-0.05, 0) is 23.8 Å². The average molecular weight is 227 g/mol. The van der Waals surface area contributed by atoms with Gasteiger partial charge in [0, 0.05) is 17.1 Å². The summed E-state index contributed by atoms with van der Waals surface area (Å²) in [7, 11) is 0. The number of anilines is 1. The van der Waals surface area contributed by atoms with Gasteiger partial charge in [-0.15, -0.1) is 0 Å². The molecule has 0 spiro atoms. The van der Waals surface area contributed by atoms with Crippen molar-refractivity contribution in [3.05, 3.63) is 42.5 Å². The van der Waals surface area contributed by atoms with Crippen LogP contribution in [-0.2, 0) is 0 Å². The van der Waals surface area contributed by atoms with E-state index in [0.29, 0.717) is 12.0 Å². The summed E-state index contributed by atoms with van der Waals surface area (Å²) in [5.41, 5.74) is 1.25. The van der Waals surface area contributed by atoms with Crippen LogP contribution >= 0.6 is 0 Å². The second-order valence-corrected chi connectivity index (χ2v) is 4.93. The summed E-state index contributed by atoms with van der Waals surface area (Å²) >= 11 is 0. The van der Waals surface area contributed by atoms with Gasteiger partial charge in [0.2, 0.25) is 0 Å². The molecule has 1 heteroatoms. The van der Waals surface area contributed by atoms with E-state index in [1.54, 1.807) is 0 Å². The quantitative estimate of drug-likeness (QED) is 0.799. The maximum absolute atomic E-state index is 3.67. The largest absolute Gasteiger partial charge is 0.382 e. The molecule has 1 unspecified atom stereocenters. The van der Waals surface area contributed by atoms with Crippen LogP contribution in [0.1, 0.15) is 27.2 Å². The molecule has 1 N–H and O–H groups in total. The second kappa shape index (κ2) is 5.22. The Morgan fingerprint density at radius 2 is 1.71 bits per heavy atom. The number of nitrogens with one attached hydrogen (secondary N) is 1. The van der Waals surface area contributed by atoms with Crippen LogP contribution in [0.2, 0.25) is 0 Å². The third-order valence-corrected chi connectivity index (χ3v) is 3.38. The highest BCUT2D eigenvalue weighted by atomic mass is 14.9. The lowest BCUT2D eigenvalue weighted by atomic mass is 10.0. The zero-order chi connectivity index (χ0) is 12.3. The fourth-order valence-electron chi connectivity index (χ4n) is 2.29. The van der Waals surface area contributed by atoms with Crippen molar-refractivity contribution in [2.24, 2.45) is 5.92 Å². The van der Waals surface area contributed by atoms with Crippen molar-refractivity contribution >= 4 is 16.5 Å². The predicted molar refractivity (Wildman–Crippen MR) is 76.5 cm³/mol. The molecule has 1 atom stereocenters. The summed E-state index contributed by atoms with van der Waals surface area (Å²) < 4.78 is 0. The van der Waals surface area contributed by atoms with E-state index in [1.807, 2.05) is 0 Å². The standard InChI is InChI=1S/C16H21N/c1-4-15(12(2)3)17-16-11-7-9-13-8-5-6-10-14(13)16/h5-12,15,17H,4H2,1-3H3. The van der Waals surface area contributed by atoms with E-state index < -0.39 is 0 Å². The molecule has 0 fully saturated rings. The molecule has 2 aromatic carbocycles. The first kappa shape index (κ1) is 12.0. The molecule has 1 nitrogen and oxygen atoms in total. The normalized spacial score (nSPS) is 12.9. The van der Waals surface area contributed by atoms with Crippen molar-refractivity contribution in [2.45, 2.75) is 33.2 Å². The fraction of sp³-hybridized carbons (Fsp3) is 0.375. The highest BCUT2D eigenvalue weighted by Crippen LogP contribution is 2.25. The minimum absolute atomic E-state index is 0.542. The molecule has 0 heterocycles. The van der Waals surface area contributed by atoms with Crippen molar-refractivity contribution in [1.29, 1.82) is 0 Å². The van der Waals surface area contributed by atoms with Crippen LogP contribution in [-0.4, -0.2) is 6.04 Å². The van der Waals surface area contributed by atoms with Crippen LogP contribution in [0, 0.1) is 5.92 Å². The first-order valence-electron chi connectivity index (χ1n) is 6.46. The van der Waals surface area contributed by atoms with Crippen LogP contribution in [0.15, 0.2) is 42.5 Å². The number of rotatable bonds is 4. The lowest BCUT2D eigenvalue weighted by Crippen LogP contribution is -2.24. The van der Waals surface area contributed by atoms with Gasteiger partial charge in [0.15, 0.2) is 0 Å². The van der Waals surface area contributed by atoms with E-state index in [0.717, 1.165) is 6.42 Å². The lowest BCUT2D eigenvalue weighted by Gasteiger charge is -2.23. The number of hydrogen-bond donors (Lipinski definition) is 1. The second-order valence-electron chi connectivity index (χ2n) is 4.93. The topological polar surface area (TPSA) is 12.0 Å². The van der Waals surface area contributed by atoms with Gasteiger partial charge in [-0.25, -0.2) is 0 Å². The highest BCUT2D eigenvalue weighted by Gasteiger charge is 2.11. The molecule has 90 valence electrons. The van der Waals surface area contributed by atoms with Gasteiger partial charge in [0.1, 0.15) is 0 Å². The summed E-state index contributed by atoms with van der Waals surface area (Å²) in [6, 6.07) is 15.5. The van der Waals surface area contributed by atoms with Crippen LogP contribution in [0.25, 0.3) is 10.8 Å². The zero-order valence-electron chi connectivity index (χ0n) is 10.9. The molecule has 0 saturated carbocycles. The molecule has 0 aliphatic rings. The van der Waals surface area contributed by atoms with Crippen molar-refractivity contribution < 1.29 is 0 Å². The van der Waals surface area contributed by atoms with E-state index in [-0.39, 0.29) is 0 Å². The molecule has 0 aliphatic heterocycles. The monoisotopic (exact) mass is 227 g/mol. The molecule has 0 saturated heterocycles. The minimum atomic E-state index is 0.542. The zero-order valence-corrected chi connectivity index (χ0v) is 10.9. The van der Waals surface area contributed by atoms with Gasteiger partial charge in [0.25, 0.3) is 0 Å². The summed E-state index contributed by atoms with van der Waals surface area (Å²) in [5, 5.41) is 6.29. The molecular formula is C16H21N. The third kappa shape index (κ3) is 2.60. The molecule has 0 bridgehead atoms. The Balaban J connectivity index is 2.35. The van der Waals surface area contributed by atoms with E-state index in [9.17, 15) is 0 Å². The molecule has 17 heavy (non-hydrogen) atoms. The maximum atomic E-state index is 3.67. The molecular weight excluding hydrogens is 206 g/mol. The molecule has 0 amide bonds. The van der Waals surface area contributed by atoms with Crippen molar-refractivity contribution in [3.63, 3.8) is 0 Å². The summed E-state index contributed by atoms with van der Waals surface area (Å²) in [6.07, 6.45) is 1.15. The fourth-order valence-corrected chi connectivity index (χ4v) is 2.29. The van der Waals surface area contributed by atoms with E-state index in [1.165, 1.54) is 16.5 Å². The van der Waals surface area contributed by atoms with Crippen molar-refractivity contribution in [3.8, 4) is 0 Å². The summed E-state index contributed by atoms with van der Waals surface area (Å²) in [6.45, 7) is 6.78. The SMILES string of the molecule is CCC(Nc1cccc2ccccc12)C(C)C. The molecule has 2 rings (SSSR count).